The van der Waals surface area contributed by atoms with Gasteiger partial charge in [0.15, 0.2) is 0 Å². The van der Waals surface area contributed by atoms with E-state index < -0.39 is 6.43 Å². The molecule has 17 heavy (non-hydrogen) atoms. The second-order valence-corrected chi connectivity index (χ2v) is 4.26. The van der Waals surface area contributed by atoms with Crippen LogP contribution in [-0.4, -0.2) is 24.0 Å². The summed E-state index contributed by atoms with van der Waals surface area (Å²) in [5.74, 6) is 0. The van der Waals surface area contributed by atoms with Crippen LogP contribution in [0.15, 0.2) is 30.5 Å². The van der Waals surface area contributed by atoms with E-state index in [2.05, 4.69) is 10.3 Å². The fourth-order valence-electron chi connectivity index (χ4n) is 1.99. The zero-order chi connectivity index (χ0) is 12.3. The minimum absolute atomic E-state index is 0.0446. The molecular weight excluding hydrogens is 222 g/mol. The molecule has 0 bridgehead atoms. The molecule has 1 aromatic heterocycles. The predicted molar refractivity (Wildman–Crippen MR) is 65.5 cm³/mol. The molecule has 0 saturated carbocycles. The zero-order valence-electron chi connectivity index (χ0n) is 9.71. The highest BCUT2D eigenvalue weighted by molar-refractivity contribution is 5.83. The van der Waals surface area contributed by atoms with Crippen LogP contribution in [0.4, 0.5) is 8.78 Å². The number of nitrogens with one attached hydrogen (secondary N) is 2. The van der Waals surface area contributed by atoms with Crippen LogP contribution in [0.1, 0.15) is 12.5 Å². The van der Waals surface area contributed by atoms with Gasteiger partial charge in [-0.05, 0) is 25.0 Å². The van der Waals surface area contributed by atoms with Crippen molar-refractivity contribution in [1.29, 1.82) is 0 Å². The number of aromatic nitrogens is 1. The van der Waals surface area contributed by atoms with Gasteiger partial charge in [0.1, 0.15) is 0 Å². The standard InChI is InChI=1S/C13H16F2N2/c1-9(16-8-13(14)15)6-10-7-17-12-5-3-2-4-11(10)12/h2-5,7,9,13,16-17H,6,8H2,1H3. The molecular formula is C13H16F2N2. The summed E-state index contributed by atoms with van der Waals surface area (Å²) in [6, 6.07) is 8.05. The lowest BCUT2D eigenvalue weighted by molar-refractivity contribution is 0.142. The average molecular weight is 238 g/mol. The van der Waals surface area contributed by atoms with Crippen LogP contribution in [-0.2, 0) is 6.42 Å². The summed E-state index contributed by atoms with van der Waals surface area (Å²) in [5.41, 5.74) is 2.25. The fourth-order valence-corrected chi connectivity index (χ4v) is 1.99. The second-order valence-electron chi connectivity index (χ2n) is 4.26. The Kier molecular flexibility index (Phi) is 3.74. The maximum Gasteiger partial charge on any atom is 0.250 e. The summed E-state index contributed by atoms with van der Waals surface area (Å²) < 4.78 is 24.1. The molecule has 2 aromatic rings. The fraction of sp³-hybridized carbons (Fsp3) is 0.385. The number of para-hydroxylation sites is 1. The Balaban J connectivity index is 2.03. The van der Waals surface area contributed by atoms with Gasteiger partial charge in [-0.1, -0.05) is 18.2 Å². The third kappa shape index (κ3) is 3.03. The van der Waals surface area contributed by atoms with Gasteiger partial charge in [-0.15, -0.1) is 0 Å². The number of hydrogen-bond donors (Lipinski definition) is 2. The van der Waals surface area contributed by atoms with E-state index in [1.807, 2.05) is 37.4 Å². The van der Waals surface area contributed by atoms with Gasteiger partial charge in [0.2, 0.25) is 0 Å². The molecule has 0 fully saturated rings. The molecule has 2 N–H and O–H groups in total. The van der Waals surface area contributed by atoms with Crippen molar-refractivity contribution in [2.45, 2.75) is 25.8 Å². The van der Waals surface area contributed by atoms with Crippen molar-refractivity contribution >= 4 is 10.9 Å². The Bertz CT molecular complexity index is 479. The van der Waals surface area contributed by atoms with Gasteiger partial charge in [-0.3, -0.25) is 0 Å². The first-order valence-corrected chi connectivity index (χ1v) is 5.73. The first-order chi connectivity index (χ1) is 8.16. The SMILES string of the molecule is CC(Cc1c[nH]c2ccccc12)NCC(F)F. The van der Waals surface area contributed by atoms with E-state index in [9.17, 15) is 8.78 Å². The summed E-state index contributed by atoms with van der Waals surface area (Å²) in [6.45, 7) is 1.67. The van der Waals surface area contributed by atoms with Gasteiger partial charge >= 0.3 is 0 Å². The van der Waals surface area contributed by atoms with Crippen LogP contribution in [0.5, 0.6) is 0 Å². The zero-order valence-corrected chi connectivity index (χ0v) is 9.71. The van der Waals surface area contributed by atoms with Crippen molar-refractivity contribution in [2.75, 3.05) is 6.54 Å². The average Bonchev–Trinajstić information content (AvgIpc) is 2.70. The van der Waals surface area contributed by atoms with E-state index in [0.717, 1.165) is 22.9 Å². The smallest absolute Gasteiger partial charge is 0.250 e. The van der Waals surface area contributed by atoms with E-state index in [1.165, 1.54) is 0 Å². The number of aromatic amines is 1. The van der Waals surface area contributed by atoms with Crippen LogP contribution < -0.4 is 5.32 Å². The third-order valence-electron chi connectivity index (χ3n) is 2.82. The minimum Gasteiger partial charge on any atom is -0.361 e. The second kappa shape index (κ2) is 5.27. The third-order valence-corrected chi connectivity index (χ3v) is 2.82. The number of benzene rings is 1. The summed E-state index contributed by atoms with van der Waals surface area (Å²) in [5, 5.41) is 3.99. The molecule has 92 valence electrons. The topological polar surface area (TPSA) is 27.8 Å². The van der Waals surface area contributed by atoms with E-state index in [0.29, 0.717) is 0 Å². The number of alkyl halides is 2. The first-order valence-electron chi connectivity index (χ1n) is 5.73. The Morgan fingerprint density at radius 3 is 2.82 bits per heavy atom. The molecule has 1 atom stereocenters. The largest absolute Gasteiger partial charge is 0.361 e. The molecule has 4 heteroatoms. The maximum atomic E-state index is 12.1. The van der Waals surface area contributed by atoms with E-state index in [4.69, 9.17) is 0 Å². The highest BCUT2D eigenvalue weighted by Crippen LogP contribution is 2.18. The normalized spacial score (nSPS) is 13.4. The molecule has 0 aliphatic carbocycles. The number of rotatable bonds is 5. The molecule has 0 amide bonds. The van der Waals surface area contributed by atoms with Gasteiger partial charge in [0.05, 0.1) is 6.54 Å². The van der Waals surface area contributed by atoms with Gasteiger partial charge in [0.25, 0.3) is 6.43 Å². The summed E-state index contributed by atoms with van der Waals surface area (Å²) in [7, 11) is 0. The van der Waals surface area contributed by atoms with E-state index >= 15 is 0 Å². The Hall–Kier alpha value is -1.42. The van der Waals surface area contributed by atoms with Crippen LogP contribution in [0, 0.1) is 0 Å². The molecule has 0 aliphatic rings. The lowest BCUT2D eigenvalue weighted by Gasteiger charge is -2.12. The van der Waals surface area contributed by atoms with Crippen LogP contribution in [0.3, 0.4) is 0 Å². The Morgan fingerprint density at radius 2 is 2.06 bits per heavy atom. The lowest BCUT2D eigenvalue weighted by atomic mass is 10.1. The highest BCUT2D eigenvalue weighted by atomic mass is 19.3. The quantitative estimate of drug-likeness (QED) is 0.823. The monoisotopic (exact) mass is 238 g/mol. The highest BCUT2D eigenvalue weighted by Gasteiger charge is 2.09. The predicted octanol–water partition coefficient (Wildman–Crippen LogP) is 2.95. The molecule has 0 radical (unpaired) electrons. The summed E-state index contributed by atoms with van der Waals surface area (Å²) in [6.07, 6.45) is 0.405. The number of halogens is 2. The van der Waals surface area contributed by atoms with Crippen LogP contribution in [0.25, 0.3) is 10.9 Å². The summed E-state index contributed by atoms with van der Waals surface area (Å²) in [4.78, 5) is 3.18. The van der Waals surface area contributed by atoms with Gasteiger partial charge in [-0.25, -0.2) is 8.78 Å². The Labute approximate surface area is 99.0 Å². The van der Waals surface area contributed by atoms with E-state index in [1.54, 1.807) is 0 Å². The molecule has 1 heterocycles. The maximum absolute atomic E-state index is 12.1. The van der Waals surface area contributed by atoms with Crippen molar-refractivity contribution in [2.24, 2.45) is 0 Å². The van der Waals surface area contributed by atoms with Crippen molar-refractivity contribution in [3.63, 3.8) is 0 Å². The summed E-state index contributed by atoms with van der Waals surface area (Å²) >= 11 is 0. The first kappa shape index (κ1) is 12.0. The number of hydrogen-bond acceptors (Lipinski definition) is 1. The lowest BCUT2D eigenvalue weighted by Crippen LogP contribution is -2.32. The van der Waals surface area contributed by atoms with Gasteiger partial charge in [0, 0.05) is 23.1 Å². The van der Waals surface area contributed by atoms with Crippen molar-refractivity contribution in [1.82, 2.24) is 10.3 Å². The molecule has 0 aliphatic heterocycles. The molecule has 0 saturated heterocycles. The van der Waals surface area contributed by atoms with Crippen LogP contribution >= 0.6 is 0 Å². The molecule has 2 nitrogen and oxygen atoms in total. The number of H-pyrrole nitrogens is 1. The molecule has 2 rings (SSSR count). The van der Waals surface area contributed by atoms with Crippen LogP contribution in [0.2, 0.25) is 0 Å². The van der Waals surface area contributed by atoms with E-state index in [-0.39, 0.29) is 12.6 Å². The molecule has 1 aromatic carbocycles. The van der Waals surface area contributed by atoms with Gasteiger partial charge in [-0.2, -0.15) is 0 Å². The van der Waals surface area contributed by atoms with Crippen molar-refractivity contribution in [3.05, 3.63) is 36.0 Å². The van der Waals surface area contributed by atoms with Crippen molar-refractivity contribution < 1.29 is 8.78 Å². The minimum atomic E-state index is -2.29. The van der Waals surface area contributed by atoms with Gasteiger partial charge < -0.3 is 10.3 Å². The Morgan fingerprint density at radius 1 is 1.29 bits per heavy atom. The number of fused-ring (bicyclic) bond motifs is 1. The molecule has 0 spiro atoms. The van der Waals surface area contributed by atoms with Crippen molar-refractivity contribution in [3.8, 4) is 0 Å². The molecule has 1 unspecified atom stereocenters.